The first kappa shape index (κ1) is 20.1. The third kappa shape index (κ3) is 5.43. The Labute approximate surface area is 164 Å². The number of likely N-dealkylation sites (N-methyl/N-ethyl adjacent to an activating group) is 1. The molecule has 2 aliphatic rings. The van der Waals surface area contributed by atoms with Crippen LogP contribution in [-0.2, 0) is 4.74 Å². The van der Waals surface area contributed by atoms with Crippen LogP contribution in [0.25, 0.3) is 0 Å². The van der Waals surface area contributed by atoms with Crippen molar-refractivity contribution in [3.63, 3.8) is 0 Å². The first-order valence-corrected chi connectivity index (χ1v) is 10.3. The molecule has 1 atom stereocenters. The van der Waals surface area contributed by atoms with Crippen molar-refractivity contribution in [3.8, 4) is 0 Å². The van der Waals surface area contributed by atoms with E-state index in [0.717, 1.165) is 45.3 Å². The highest BCUT2D eigenvalue weighted by atomic mass is 16.5. The summed E-state index contributed by atoms with van der Waals surface area (Å²) in [7, 11) is 1.88. The maximum atomic E-state index is 6.05. The maximum Gasteiger partial charge on any atom is 0.193 e. The van der Waals surface area contributed by atoms with Crippen LogP contribution in [0.3, 0.4) is 0 Å². The molecule has 2 aliphatic heterocycles. The molecule has 6 heteroatoms. The van der Waals surface area contributed by atoms with Crippen LogP contribution in [-0.4, -0.2) is 93.2 Å². The number of aliphatic imine (C=N–C) groups is 1. The molecule has 1 N–H and O–H groups in total. The first-order valence-electron chi connectivity index (χ1n) is 10.3. The molecule has 0 saturated carbocycles. The molecule has 1 aromatic rings. The van der Waals surface area contributed by atoms with Crippen molar-refractivity contribution >= 4 is 5.96 Å². The predicted octanol–water partition coefficient (Wildman–Crippen LogP) is 1.58. The van der Waals surface area contributed by atoms with Gasteiger partial charge in [0.05, 0.1) is 13.2 Å². The molecule has 0 aromatic heterocycles. The van der Waals surface area contributed by atoms with Gasteiger partial charge in [-0.3, -0.25) is 9.89 Å². The molecule has 27 heavy (non-hydrogen) atoms. The topological polar surface area (TPSA) is 43.3 Å². The van der Waals surface area contributed by atoms with Gasteiger partial charge in [-0.05, 0) is 24.6 Å². The van der Waals surface area contributed by atoms with Gasteiger partial charge in [0, 0.05) is 52.9 Å². The second-order valence-corrected chi connectivity index (χ2v) is 7.41. The average molecular weight is 374 g/mol. The van der Waals surface area contributed by atoms with Crippen molar-refractivity contribution in [1.29, 1.82) is 0 Å². The van der Waals surface area contributed by atoms with Gasteiger partial charge in [-0.2, -0.15) is 0 Å². The summed E-state index contributed by atoms with van der Waals surface area (Å²) in [6.07, 6.45) is 0.112. The van der Waals surface area contributed by atoms with Crippen LogP contribution in [0.5, 0.6) is 0 Å². The van der Waals surface area contributed by atoms with Gasteiger partial charge >= 0.3 is 0 Å². The van der Waals surface area contributed by atoms with Crippen molar-refractivity contribution in [2.24, 2.45) is 4.99 Å². The summed E-state index contributed by atoms with van der Waals surface area (Å²) in [4.78, 5) is 11.9. The van der Waals surface area contributed by atoms with E-state index in [1.54, 1.807) is 0 Å². The molecular formula is C21H35N5O. The number of piperazine rings is 1. The molecule has 0 radical (unpaired) electrons. The van der Waals surface area contributed by atoms with Crippen LogP contribution in [0.15, 0.2) is 29.3 Å². The highest BCUT2D eigenvalue weighted by Gasteiger charge is 2.25. The molecular weight excluding hydrogens is 338 g/mol. The van der Waals surface area contributed by atoms with Gasteiger partial charge in [-0.25, -0.2) is 0 Å². The van der Waals surface area contributed by atoms with Crippen molar-refractivity contribution in [3.05, 3.63) is 35.4 Å². The predicted molar refractivity (Wildman–Crippen MR) is 111 cm³/mol. The normalized spacial score (nSPS) is 22.9. The number of aryl methyl sites for hydroxylation is 1. The molecule has 3 rings (SSSR count). The van der Waals surface area contributed by atoms with Gasteiger partial charge < -0.3 is 19.9 Å². The number of hydrogen-bond acceptors (Lipinski definition) is 4. The molecule has 1 aromatic carbocycles. The highest BCUT2D eigenvalue weighted by molar-refractivity contribution is 5.80. The lowest BCUT2D eigenvalue weighted by Crippen LogP contribution is -2.51. The standard InChI is InChI=1S/C21H35N5O/c1-4-24-11-13-25(14-12-24)10-9-23-21(22-3)26-15-16-27-20(17-26)19-8-6-5-7-18(19)2/h5-8,20H,4,9-17H2,1-3H3,(H,22,23). The second-order valence-electron chi connectivity index (χ2n) is 7.41. The number of nitrogens with zero attached hydrogens (tertiary/aromatic N) is 4. The summed E-state index contributed by atoms with van der Waals surface area (Å²) in [5.74, 6) is 0.990. The number of nitrogens with one attached hydrogen (secondary N) is 1. The minimum absolute atomic E-state index is 0.112. The Morgan fingerprint density at radius 2 is 1.89 bits per heavy atom. The Morgan fingerprint density at radius 3 is 2.59 bits per heavy atom. The molecule has 2 saturated heterocycles. The van der Waals surface area contributed by atoms with Crippen molar-refractivity contribution < 1.29 is 4.74 Å². The van der Waals surface area contributed by atoms with E-state index in [2.05, 4.69) is 63.1 Å². The van der Waals surface area contributed by atoms with Gasteiger partial charge in [0.1, 0.15) is 6.10 Å². The minimum atomic E-state index is 0.112. The summed E-state index contributed by atoms with van der Waals surface area (Å²) in [6, 6.07) is 8.51. The molecule has 2 heterocycles. The van der Waals surface area contributed by atoms with Gasteiger partial charge in [0.15, 0.2) is 5.96 Å². The van der Waals surface area contributed by atoms with E-state index < -0.39 is 0 Å². The van der Waals surface area contributed by atoms with Crippen molar-refractivity contribution in [2.45, 2.75) is 20.0 Å². The third-order valence-corrected chi connectivity index (χ3v) is 5.74. The van der Waals surface area contributed by atoms with Crippen LogP contribution in [0.4, 0.5) is 0 Å². The lowest BCUT2D eigenvalue weighted by Gasteiger charge is -2.36. The lowest BCUT2D eigenvalue weighted by molar-refractivity contribution is -0.00835. The first-order chi connectivity index (χ1) is 13.2. The third-order valence-electron chi connectivity index (χ3n) is 5.74. The van der Waals surface area contributed by atoms with E-state index in [1.807, 2.05) is 7.05 Å². The van der Waals surface area contributed by atoms with Crippen LogP contribution in [0, 0.1) is 6.92 Å². The zero-order valence-electron chi connectivity index (χ0n) is 17.2. The van der Waals surface area contributed by atoms with E-state index >= 15 is 0 Å². The molecule has 0 aliphatic carbocycles. The monoisotopic (exact) mass is 373 g/mol. The van der Waals surface area contributed by atoms with Crippen molar-refractivity contribution in [1.82, 2.24) is 20.0 Å². The number of rotatable bonds is 5. The number of guanidine groups is 1. The van der Waals surface area contributed by atoms with E-state index in [0.29, 0.717) is 0 Å². The van der Waals surface area contributed by atoms with Gasteiger partial charge in [0.25, 0.3) is 0 Å². The maximum absolute atomic E-state index is 6.05. The van der Waals surface area contributed by atoms with E-state index in [-0.39, 0.29) is 6.10 Å². The smallest absolute Gasteiger partial charge is 0.193 e. The number of morpholine rings is 1. The molecule has 0 bridgehead atoms. The highest BCUT2D eigenvalue weighted by Crippen LogP contribution is 2.24. The van der Waals surface area contributed by atoms with Crippen LogP contribution >= 0.6 is 0 Å². The molecule has 1 unspecified atom stereocenters. The van der Waals surface area contributed by atoms with Crippen molar-refractivity contribution in [2.75, 3.05) is 72.6 Å². The quantitative estimate of drug-likeness (QED) is 0.627. The van der Waals surface area contributed by atoms with Crippen LogP contribution < -0.4 is 5.32 Å². The number of hydrogen-bond donors (Lipinski definition) is 1. The molecule has 150 valence electrons. The average Bonchev–Trinajstić information content (AvgIpc) is 2.72. The second kappa shape index (κ2) is 10.1. The Balaban J connectivity index is 1.48. The summed E-state index contributed by atoms with van der Waals surface area (Å²) >= 11 is 0. The molecule has 0 spiro atoms. The van der Waals surface area contributed by atoms with Gasteiger partial charge in [0.2, 0.25) is 0 Å². The van der Waals surface area contributed by atoms with E-state index in [1.165, 1.54) is 37.3 Å². The molecule has 6 nitrogen and oxygen atoms in total. The summed E-state index contributed by atoms with van der Waals surface area (Å²) in [6.45, 7) is 14.7. The van der Waals surface area contributed by atoms with Gasteiger partial charge in [-0.15, -0.1) is 0 Å². The zero-order valence-corrected chi connectivity index (χ0v) is 17.2. The zero-order chi connectivity index (χ0) is 19.1. The molecule has 0 amide bonds. The van der Waals surface area contributed by atoms with Gasteiger partial charge in [-0.1, -0.05) is 31.2 Å². The largest absolute Gasteiger partial charge is 0.370 e. The number of ether oxygens (including phenoxy) is 1. The summed E-state index contributed by atoms with van der Waals surface area (Å²) in [5, 5.41) is 3.56. The lowest BCUT2D eigenvalue weighted by atomic mass is 10.0. The fourth-order valence-corrected chi connectivity index (χ4v) is 3.97. The fourth-order valence-electron chi connectivity index (χ4n) is 3.97. The van der Waals surface area contributed by atoms with E-state index in [4.69, 9.17) is 4.74 Å². The van der Waals surface area contributed by atoms with Crippen LogP contribution in [0.1, 0.15) is 24.2 Å². The Morgan fingerprint density at radius 1 is 1.15 bits per heavy atom. The fraction of sp³-hybridized carbons (Fsp3) is 0.667. The summed E-state index contributed by atoms with van der Waals surface area (Å²) < 4.78 is 6.05. The number of benzene rings is 1. The Kier molecular flexibility index (Phi) is 7.50. The Hall–Kier alpha value is -1.63. The molecule has 2 fully saturated rings. The van der Waals surface area contributed by atoms with Crippen LogP contribution in [0.2, 0.25) is 0 Å². The minimum Gasteiger partial charge on any atom is -0.370 e. The van der Waals surface area contributed by atoms with E-state index in [9.17, 15) is 0 Å². The summed E-state index contributed by atoms with van der Waals surface area (Å²) in [5.41, 5.74) is 2.57. The Bertz CT molecular complexity index is 612. The SMILES string of the molecule is CCN1CCN(CCNC(=NC)N2CCOC(c3ccccc3C)C2)CC1.